The summed E-state index contributed by atoms with van der Waals surface area (Å²) in [6, 6.07) is 7.76. The summed E-state index contributed by atoms with van der Waals surface area (Å²) in [5.74, 6) is -1.06. The quantitative estimate of drug-likeness (QED) is 0.529. The summed E-state index contributed by atoms with van der Waals surface area (Å²) in [7, 11) is 3.39. The highest BCUT2D eigenvalue weighted by molar-refractivity contribution is 5.81. The van der Waals surface area contributed by atoms with E-state index >= 15 is 0 Å². The number of aryl methyl sites for hydroxylation is 3. The van der Waals surface area contributed by atoms with Gasteiger partial charge in [-0.05, 0) is 57.4 Å². The number of carboxylic acid groups (broad SMARTS) is 1. The average molecular weight is 442 g/mol. The summed E-state index contributed by atoms with van der Waals surface area (Å²) in [6.45, 7) is 5.86. The molecule has 3 aromatic rings. The Morgan fingerprint density at radius 2 is 1.97 bits per heavy atom. The predicted molar refractivity (Wildman–Crippen MR) is 123 cm³/mol. The van der Waals surface area contributed by atoms with Gasteiger partial charge in [0.2, 0.25) is 0 Å². The van der Waals surface area contributed by atoms with Crippen LogP contribution in [0.5, 0.6) is 0 Å². The average Bonchev–Trinajstić information content (AvgIpc) is 3.08. The molecule has 2 aromatic heterocycles. The van der Waals surface area contributed by atoms with Crippen LogP contribution in [0.25, 0.3) is 22.4 Å². The van der Waals surface area contributed by atoms with Gasteiger partial charge in [-0.25, -0.2) is 4.98 Å². The van der Waals surface area contributed by atoms with Crippen LogP contribution in [0.15, 0.2) is 35.3 Å². The minimum atomic E-state index is -0.994. The molecule has 0 aliphatic carbocycles. The molecule has 2 heterocycles. The van der Waals surface area contributed by atoms with Crippen LogP contribution in [0.3, 0.4) is 0 Å². The Bertz CT molecular complexity index is 1150. The lowest BCUT2D eigenvalue weighted by atomic mass is 9.95. The van der Waals surface area contributed by atoms with E-state index in [-0.39, 0.29) is 11.7 Å². The highest BCUT2D eigenvalue weighted by Crippen LogP contribution is 2.27. The van der Waals surface area contributed by atoms with Crippen LogP contribution < -0.4 is 5.56 Å². The number of imidazole rings is 1. The van der Waals surface area contributed by atoms with Crippen molar-refractivity contribution in [1.82, 2.24) is 14.1 Å². The SMILES string of the molecule is COC(C)Cn1c(-c2cc(C)c(=O)n(C)c2)nc2cc(CC[C@H](C(=O)O)[C@@H](C)O)ccc21. The molecular formula is C24H31N3O5. The minimum absolute atomic E-state index is 0.0400. The monoisotopic (exact) mass is 441 g/mol. The van der Waals surface area contributed by atoms with Gasteiger partial charge in [0.05, 0.1) is 35.7 Å². The first-order valence-electron chi connectivity index (χ1n) is 10.7. The normalized spacial score (nSPS) is 14.4. The van der Waals surface area contributed by atoms with Gasteiger partial charge in [0.25, 0.3) is 5.56 Å². The zero-order valence-corrected chi connectivity index (χ0v) is 19.2. The number of hydrogen-bond acceptors (Lipinski definition) is 5. The molecule has 2 N–H and O–H groups in total. The molecule has 1 unspecified atom stereocenters. The molecule has 0 aliphatic heterocycles. The molecule has 0 saturated carbocycles. The molecule has 0 amide bonds. The Labute approximate surface area is 187 Å². The molecule has 3 atom stereocenters. The Morgan fingerprint density at radius 3 is 2.56 bits per heavy atom. The second-order valence-corrected chi connectivity index (χ2v) is 8.47. The zero-order valence-electron chi connectivity index (χ0n) is 19.2. The third-order valence-electron chi connectivity index (χ3n) is 5.92. The highest BCUT2D eigenvalue weighted by atomic mass is 16.5. The second kappa shape index (κ2) is 9.67. The summed E-state index contributed by atoms with van der Waals surface area (Å²) in [5.41, 5.74) is 4.11. The Balaban J connectivity index is 2.04. The summed E-state index contributed by atoms with van der Waals surface area (Å²) in [5, 5.41) is 19.1. The van der Waals surface area contributed by atoms with Crippen LogP contribution in [-0.2, 0) is 29.5 Å². The van der Waals surface area contributed by atoms with Gasteiger partial charge >= 0.3 is 5.97 Å². The van der Waals surface area contributed by atoms with Crippen molar-refractivity contribution in [2.75, 3.05) is 7.11 Å². The van der Waals surface area contributed by atoms with E-state index in [0.29, 0.717) is 24.9 Å². The van der Waals surface area contributed by atoms with Crippen LogP contribution in [0, 0.1) is 12.8 Å². The van der Waals surface area contributed by atoms with E-state index in [0.717, 1.165) is 28.0 Å². The maximum absolute atomic E-state index is 12.2. The topological polar surface area (TPSA) is 107 Å². The van der Waals surface area contributed by atoms with Crippen molar-refractivity contribution >= 4 is 17.0 Å². The number of pyridine rings is 1. The van der Waals surface area contributed by atoms with E-state index in [1.165, 1.54) is 6.92 Å². The summed E-state index contributed by atoms with van der Waals surface area (Å²) in [6.07, 6.45) is 1.69. The van der Waals surface area contributed by atoms with Crippen LogP contribution in [0.2, 0.25) is 0 Å². The molecular weight excluding hydrogens is 410 g/mol. The number of aliphatic hydroxyl groups excluding tert-OH is 1. The lowest BCUT2D eigenvalue weighted by molar-refractivity contribution is -0.145. The van der Waals surface area contributed by atoms with E-state index in [1.807, 2.05) is 31.2 Å². The van der Waals surface area contributed by atoms with Crippen LogP contribution in [0.4, 0.5) is 0 Å². The van der Waals surface area contributed by atoms with Gasteiger partial charge in [-0.1, -0.05) is 6.07 Å². The number of methoxy groups -OCH3 is 1. The number of rotatable bonds is 9. The first kappa shape index (κ1) is 23.7. The van der Waals surface area contributed by atoms with Gasteiger partial charge in [0.1, 0.15) is 5.82 Å². The van der Waals surface area contributed by atoms with Gasteiger partial charge in [-0.3, -0.25) is 9.59 Å². The number of ether oxygens (including phenoxy) is 1. The third-order valence-corrected chi connectivity index (χ3v) is 5.92. The van der Waals surface area contributed by atoms with Crippen molar-refractivity contribution in [3.8, 4) is 11.4 Å². The largest absolute Gasteiger partial charge is 0.481 e. The van der Waals surface area contributed by atoms with E-state index < -0.39 is 18.0 Å². The number of aromatic nitrogens is 3. The number of carboxylic acids is 1. The molecule has 1 aromatic carbocycles. The molecule has 0 fully saturated rings. The molecule has 8 nitrogen and oxygen atoms in total. The summed E-state index contributed by atoms with van der Waals surface area (Å²) in [4.78, 5) is 28.4. The third kappa shape index (κ3) is 4.92. The van der Waals surface area contributed by atoms with E-state index in [9.17, 15) is 19.8 Å². The van der Waals surface area contributed by atoms with Crippen LogP contribution >= 0.6 is 0 Å². The zero-order chi connectivity index (χ0) is 23.6. The number of carbonyl (C=O) groups is 1. The molecule has 0 bridgehead atoms. The Morgan fingerprint density at radius 1 is 1.25 bits per heavy atom. The fourth-order valence-electron chi connectivity index (χ4n) is 3.96. The van der Waals surface area contributed by atoms with Crippen molar-refractivity contribution in [3.05, 3.63) is 51.9 Å². The Hall–Kier alpha value is -2.97. The number of hydrogen-bond donors (Lipinski definition) is 2. The molecule has 0 radical (unpaired) electrons. The number of aliphatic hydroxyl groups is 1. The maximum atomic E-state index is 12.2. The van der Waals surface area contributed by atoms with Gasteiger partial charge < -0.3 is 24.1 Å². The van der Waals surface area contributed by atoms with Gasteiger partial charge in [0.15, 0.2) is 0 Å². The van der Waals surface area contributed by atoms with Crippen LogP contribution in [0.1, 0.15) is 31.4 Å². The van der Waals surface area contributed by atoms with E-state index in [2.05, 4.69) is 4.57 Å². The fourth-order valence-corrected chi connectivity index (χ4v) is 3.96. The summed E-state index contributed by atoms with van der Waals surface area (Å²) < 4.78 is 9.12. The molecule has 0 saturated heterocycles. The van der Waals surface area contributed by atoms with Crippen LogP contribution in [-0.4, -0.2) is 49.6 Å². The lowest BCUT2D eigenvalue weighted by Crippen LogP contribution is -2.26. The predicted octanol–water partition coefficient (Wildman–Crippen LogP) is 2.76. The Kier molecular flexibility index (Phi) is 7.16. The number of benzene rings is 1. The number of fused-ring (bicyclic) bond motifs is 1. The first-order chi connectivity index (χ1) is 15.1. The van der Waals surface area contributed by atoms with Crippen molar-refractivity contribution < 1.29 is 19.7 Å². The molecule has 8 heteroatoms. The molecule has 0 aliphatic rings. The molecule has 0 spiro atoms. The van der Waals surface area contributed by atoms with E-state index in [1.54, 1.807) is 31.8 Å². The van der Waals surface area contributed by atoms with Crippen molar-refractivity contribution in [2.45, 2.75) is 52.4 Å². The van der Waals surface area contributed by atoms with Gasteiger partial charge in [0, 0.05) is 31.5 Å². The smallest absolute Gasteiger partial charge is 0.309 e. The van der Waals surface area contributed by atoms with Crippen molar-refractivity contribution in [3.63, 3.8) is 0 Å². The van der Waals surface area contributed by atoms with Gasteiger partial charge in [-0.2, -0.15) is 0 Å². The van der Waals surface area contributed by atoms with Crippen molar-refractivity contribution in [2.24, 2.45) is 13.0 Å². The lowest BCUT2D eigenvalue weighted by Gasteiger charge is -2.15. The van der Waals surface area contributed by atoms with E-state index in [4.69, 9.17) is 9.72 Å². The minimum Gasteiger partial charge on any atom is -0.481 e. The fraction of sp³-hybridized carbons (Fsp3) is 0.458. The first-order valence-corrected chi connectivity index (χ1v) is 10.7. The molecule has 32 heavy (non-hydrogen) atoms. The van der Waals surface area contributed by atoms with Crippen molar-refractivity contribution in [1.29, 1.82) is 0 Å². The number of aliphatic carboxylic acids is 1. The summed E-state index contributed by atoms with van der Waals surface area (Å²) >= 11 is 0. The second-order valence-electron chi connectivity index (χ2n) is 8.47. The molecule has 3 rings (SSSR count). The van der Waals surface area contributed by atoms with Gasteiger partial charge in [-0.15, -0.1) is 0 Å². The molecule has 172 valence electrons. The standard InChI is InChI=1S/C24H31N3O5/c1-14-10-18(13-26(4)23(14)29)22-25-20-11-17(6-8-19(16(3)28)24(30)31)7-9-21(20)27(22)12-15(2)32-5/h7,9-11,13,15-16,19,28H,6,8,12H2,1-5H3,(H,30,31)/t15?,16-,19+/m1/s1. The maximum Gasteiger partial charge on any atom is 0.309 e. The number of nitrogens with zero attached hydrogens (tertiary/aromatic N) is 3. The highest BCUT2D eigenvalue weighted by Gasteiger charge is 2.23.